The Morgan fingerprint density at radius 2 is 1.42 bits per heavy atom. The maximum Gasteiger partial charge on any atom is 0.228 e. The zero-order chi connectivity index (χ0) is 18.2. The van der Waals surface area contributed by atoms with E-state index >= 15 is 0 Å². The van der Waals surface area contributed by atoms with Crippen LogP contribution in [0.15, 0.2) is 84.9 Å². The van der Waals surface area contributed by atoms with Crippen molar-refractivity contribution in [1.29, 1.82) is 0 Å². The monoisotopic (exact) mass is 344 g/mol. The summed E-state index contributed by atoms with van der Waals surface area (Å²) in [5, 5.41) is 3.09. The first-order valence-corrected chi connectivity index (χ1v) is 8.90. The summed E-state index contributed by atoms with van der Waals surface area (Å²) in [6, 6.07) is 28.1. The Bertz CT molecular complexity index is 831. The molecule has 3 nitrogen and oxygen atoms in total. The van der Waals surface area contributed by atoms with Crippen molar-refractivity contribution in [3.63, 3.8) is 0 Å². The minimum absolute atomic E-state index is 0.0400. The summed E-state index contributed by atoms with van der Waals surface area (Å²) < 4.78 is 0. The zero-order valence-electron chi connectivity index (χ0n) is 14.8. The molecule has 0 spiro atoms. The second-order valence-corrected chi connectivity index (χ2v) is 6.39. The number of hydrogen-bond acceptors (Lipinski definition) is 2. The first-order valence-electron chi connectivity index (χ1n) is 8.90. The molecule has 1 amide bonds. The zero-order valence-corrected chi connectivity index (χ0v) is 14.8. The van der Waals surface area contributed by atoms with Crippen LogP contribution >= 0.6 is 0 Å². The van der Waals surface area contributed by atoms with Gasteiger partial charge in [0, 0.05) is 13.1 Å². The summed E-state index contributed by atoms with van der Waals surface area (Å²) in [6.07, 6.45) is 0.680. The molecule has 0 heterocycles. The van der Waals surface area contributed by atoms with Crippen molar-refractivity contribution in [3.8, 4) is 0 Å². The third-order valence-corrected chi connectivity index (χ3v) is 4.49. The molecule has 3 aromatic carbocycles. The van der Waals surface area contributed by atoms with E-state index in [1.165, 1.54) is 0 Å². The molecule has 3 aromatic rings. The summed E-state index contributed by atoms with van der Waals surface area (Å²) in [5.41, 5.74) is 10.0. The molecular weight excluding hydrogens is 320 g/mol. The van der Waals surface area contributed by atoms with Crippen LogP contribution in [0.3, 0.4) is 0 Å². The number of amides is 1. The van der Waals surface area contributed by atoms with Gasteiger partial charge < -0.3 is 11.1 Å². The normalized spacial score (nSPS) is 11.7. The molecule has 0 bridgehead atoms. The number of nitrogens with one attached hydrogen (secondary N) is 1. The van der Waals surface area contributed by atoms with Crippen LogP contribution < -0.4 is 11.1 Å². The fraction of sp³-hybridized carbons (Fsp3) is 0.174. The van der Waals surface area contributed by atoms with Gasteiger partial charge in [0.25, 0.3) is 0 Å². The van der Waals surface area contributed by atoms with E-state index in [-0.39, 0.29) is 11.8 Å². The van der Waals surface area contributed by atoms with Crippen LogP contribution in [-0.2, 0) is 24.3 Å². The molecule has 0 fully saturated rings. The molecule has 1 unspecified atom stereocenters. The highest BCUT2D eigenvalue weighted by Crippen LogP contribution is 2.21. The lowest BCUT2D eigenvalue weighted by atomic mass is 9.91. The Morgan fingerprint density at radius 1 is 0.808 bits per heavy atom. The molecule has 0 radical (unpaired) electrons. The van der Waals surface area contributed by atoms with Crippen LogP contribution in [0.2, 0.25) is 0 Å². The molecular formula is C23H24N2O. The van der Waals surface area contributed by atoms with Crippen molar-refractivity contribution < 1.29 is 4.79 Å². The third kappa shape index (κ3) is 4.80. The van der Waals surface area contributed by atoms with Gasteiger partial charge in [0.05, 0.1) is 5.92 Å². The minimum Gasteiger partial charge on any atom is -0.351 e. The fourth-order valence-electron chi connectivity index (χ4n) is 3.08. The van der Waals surface area contributed by atoms with E-state index in [1.807, 2.05) is 72.8 Å². The van der Waals surface area contributed by atoms with Gasteiger partial charge in [-0.3, -0.25) is 4.79 Å². The van der Waals surface area contributed by atoms with Crippen LogP contribution in [0.25, 0.3) is 0 Å². The molecule has 0 aliphatic carbocycles. The number of hydrogen-bond donors (Lipinski definition) is 2. The molecule has 0 aliphatic rings. The molecule has 0 aromatic heterocycles. The maximum atomic E-state index is 12.9. The third-order valence-electron chi connectivity index (χ3n) is 4.49. The lowest BCUT2D eigenvalue weighted by molar-refractivity contribution is -0.122. The number of carbonyl (C=O) groups excluding carboxylic acids is 1. The Labute approximate surface area is 154 Å². The van der Waals surface area contributed by atoms with E-state index in [1.54, 1.807) is 0 Å². The van der Waals surface area contributed by atoms with Gasteiger partial charge in [-0.1, -0.05) is 84.9 Å². The van der Waals surface area contributed by atoms with Crippen LogP contribution in [0.4, 0.5) is 0 Å². The fourth-order valence-corrected chi connectivity index (χ4v) is 3.08. The van der Waals surface area contributed by atoms with Gasteiger partial charge in [0.15, 0.2) is 0 Å². The predicted molar refractivity (Wildman–Crippen MR) is 106 cm³/mol. The standard InChI is InChI=1S/C23H24N2O/c24-16-19-10-7-11-20(14-19)17-25-23(26)22(21-12-5-2-6-13-21)15-18-8-3-1-4-9-18/h1-14,22H,15-17,24H2,(H,25,26). The average Bonchev–Trinajstić information content (AvgIpc) is 2.72. The van der Waals surface area contributed by atoms with Crippen LogP contribution in [0, 0.1) is 0 Å². The molecule has 0 saturated heterocycles. The summed E-state index contributed by atoms with van der Waals surface area (Å²) in [7, 11) is 0. The second kappa shape index (κ2) is 8.97. The maximum absolute atomic E-state index is 12.9. The summed E-state index contributed by atoms with van der Waals surface area (Å²) >= 11 is 0. The van der Waals surface area contributed by atoms with Gasteiger partial charge in [0.2, 0.25) is 5.91 Å². The topological polar surface area (TPSA) is 55.1 Å². The highest BCUT2D eigenvalue weighted by atomic mass is 16.1. The van der Waals surface area contributed by atoms with Crippen LogP contribution in [0.5, 0.6) is 0 Å². The van der Waals surface area contributed by atoms with Crippen molar-refractivity contribution in [2.24, 2.45) is 5.73 Å². The highest BCUT2D eigenvalue weighted by Gasteiger charge is 2.20. The van der Waals surface area contributed by atoms with Crippen LogP contribution in [0.1, 0.15) is 28.2 Å². The summed E-state index contributed by atoms with van der Waals surface area (Å²) in [4.78, 5) is 12.9. The molecule has 0 aliphatic heterocycles. The first-order chi connectivity index (χ1) is 12.8. The summed E-state index contributed by atoms with van der Waals surface area (Å²) in [6.45, 7) is 1.01. The SMILES string of the molecule is NCc1cccc(CNC(=O)C(Cc2ccccc2)c2ccccc2)c1. The Hall–Kier alpha value is -2.91. The predicted octanol–water partition coefficient (Wildman–Crippen LogP) is 3.79. The van der Waals surface area contributed by atoms with Crippen molar-refractivity contribution in [2.45, 2.75) is 25.4 Å². The molecule has 1 atom stereocenters. The van der Waals surface area contributed by atoms with Crippen LogP contribution in [-0.4, -0.2) is 5.91 Å². The van der Waals surface area contributed by atoms with Crippen molar-refractivity contribution in [1.82, 2.24) is 5.32 Å². The molecule has 3 N–H and O–H groups in total. The van der Waals surface area contributed by atoms with Gasteiger partial charge in [0.1, 0.15) is 0 Å². The van der Waals surface area contributed by atoms with E-state index in [9.17, 15) is 4.79 Å². The van der Waals surface area contributed by atoms with Crippen molar-refractivity contribution in [3.05, 3.63) is 107 Å². The molecule has 3 rings (SSSR count). The number of nitrogens with two attached hydrogens (primary N) is 1. The first kappa shape index (κ1) is 17.9. The Kier molecular flexibility index (Phi) is 6.18. The van der Waals surface area contributed by atoms with Crippen molar-refractivity contribution in [2.75, 3.05) is 0 Å². The lowest BCUT2D eigenvalue weighted by Gasteiger charge is -2.18. The Balaban J connectivity index is 1.74. The highest BCUT2D eigenvalue weighted by molar-refractivity contribution is 5.84. The Morgan fingerprint density at radius 3 is 2.12 bits per heavy atom. The summed E-state index contributed by atoms with van der Waals surface area (Å²) in [5.74, 6) is -0.172. The van der Waals surface area contributed by atoms with Gasteiger partial charge in [-0.25, -0.2) is 0 Å². The van der Waals surface area contributed by atoms with Gasteiger partial charge in [-0.15, -0.1) is 0 Å². The minimum atomic E-state index is -0.212. The van der Waals surface area contributed by atoms with E-state index in [2.05, 4.69) is 17.4 Å². The number of rotatable bonds is 7. The molecule has 132 valence electrons. The number of carbonyl (C=O) groups is 1. The number of benzene rings is 3. The quantitative estimate of drug-likeness (QED) is 0.685. The molecule has 26 heavy (non-hydrogen) atoms. The molecule has 3 heteroatoms. The van der Waals surface area contributed by atoms with E-state index in [4.69, 9.17) is 5.73 Å². The van der Waals surface area contributed by atoms with Gasteiger partial charge in [-0.2, -0.15) is 0 Å². The largest absolute Gasteiger partial charge is 0.351 e. The average molecular weight is 344 g/mol. The lowest BCUT2D eigenvalue weighted by Crippen LogP contribution is -2.30. The van der Waals surface area contributed by atoms with Crippen molar-refractivity contribution >= 4 is 5.91 Å². The van der Waals surface area contributed by atoms with E-state index < -0.39 is 0 Å². The van der Waals surface area contributed by atoms with E-state index in [0.29, 0.717) is 19.5 Å². The van der Waals surface area contributed by atoms with E-state index in [0.717, 1.165) is 22.3 Å². The molecule has 0 saturated carbocycles. The smallest absolute Gasteiger partial charge is 0.228 e. The second-order valence-electron chi connectivity index (χ2n) is 6.39. The van der Waals surface area contributed by atoms with Gasteiger partial charge >= 0.3 is 0 Å². The van der Waals surface area contributed by atoms with Gasteiger partial charge in [-0.05, 0) is 28.7 Å².